The number of hydrogen-bond acceptors (Lipinski definition) is 2. The Bertz CT molecular complexity index is 86.1. The minimum absolute atomic E-state index is 0.364. The van der Waals surface area contributed by atoms with Crippen molar-refractivity contribution in [1.29, 1.82) is 0 Å². The van der Waals surface area contributed by atoms with E-state index in [1.807, 2.05) is 6.92 Å². The van der Waals surface area contributed by atoms with Gasteiger partial charge in [0.05, 0.1) is 0 Å². The summed E-state index contributed by atoms with van der Waals surface area (Å²) in [6.07, 6.45) is 1.00. The summed E-state index contributed by atoms with van der Waals surface area (Å²) in [5.41, 5.74) is 0.452. The zero-order valence-corrected chi connectivity index (χ0v) is 8.03. The van der Waals surface area contributed by atoms with E-state index in [4.69, 9.17) is 0 Å². The van der Waals surface area contributed by atoms with Crippen molar-refractivity contribution >= 4 is 21.3 Å². The molecule has 2 atom stereocenters. The molecular weight excluding hydrogens is 140 g/mol. The second-order valence-corrected chi connectivity index (χ2v) is 4.56. The standard InChI is InChI=1S/C4H12O2SSi/c1-2-4(8)3-7(5)6/h4H,2-3H2,1,8H3,(H,5,6)/p-1. The third kappa shape index (κ3) is 4.48. The number of rotatable bonds is 3. The monoisotopic (exact) mass is 151 g/mol. The first-order valence-corrected chi connectivity index (χ1v) is 5.12. The maximum Gasteiger partial charge on any atom is 0.00977 e. The minimum Gasteiger partial charge on any atom is -0.772 e. The van der Waals surface area contributed by atoms with Gasteiger partial charge in [-0.1, -0.05) is 24.4 Å². The molecule has 0 N–H and O–H groups in total. The average molecular weight is 151 g/mol. The van der Waals surface area contributed by atoms with E-state index in [9.17, 15) is 8.76 Å². The van der Waals surface area contributed by atoms with Crippen molar-refractivity contribution in [3.8, 4) is 0 Å². The van der Waals surface area contributed by atoms with Crippen LogP contribution in [-0.2, 0) is 11.1 Å². The van der Waals surface area contributed by atoms with Crippen LogP contribution in [0.15, 0.2) is 0 Å². The van der Waals surface area contributed by atoms with Gasteiger partial charge in [0.25, 0.3) is 0 Å². The molecule has 8 heavy (non-hydrogen) atoms. The van der Waals surface area contributed by atoms with Crippen molar-refractivity contribution in [3.05, 3.63) is 0 Å². The molecule has 0 aromatic heterocycles. The third-order valence-electron chi connectivity index (χ3n) is 1.12. The Balaban J connectivity index is 3.24. The van der Waals surface area contributed by atoms with Gasteiger partial charge in [-0.3, -0.25) is 4.21 Å². The molecule has 0 radical (unpaired) electrons. The highest BCUT2D eigenvalue weighted by atomic mass is 32.2. The molecule has 0 saturated carbocycles. The molecule has 50 valence electrons. The van der Waals surface area contributed by atoms with E-state index < -0.39 is 11.1 Å². The average Bonchev–Trinajstić information content (AvgIpc) is 1.65. The zero-order chi connectivity index (χ0) is 6.57. The molecular formula is C4H11O2SSi-. The summed E-state index contributed by atoms with van der Waals surface area (Å²) in [7, 11) is 0.995. The molecule has 0 aromatic rings. The smallest absolute Gasteiger partial charge is 0.00977 e. The van der Waals surface area contributed by atoms with Crippen molar-refractivity contribution in [3.63, 3.8) is 0 Å². The summed E-state index contributed by atoms with van der Waals surface area (Å²) in [4.78, 5) is 0. The summed E-state index contributed by atoms with van der Waals surface area (Å²) in [6.45, 7) is 2.02. The highest BCUT2D eigenvalue weighted by molar-refractivity contribution is 7.79. The van der Waals surface area contributed by atoms with Crippen molar-refractivity contribution < 1.29 is 8.76 Å². The molecule has 4 heteroatoms. The molecule has 0 spiro atoms. The Labute approximate surface area is 55.4 Å². The van der Waals surface area contributed by atoms with E-state index >= 15 is 0 Å². The number of hydrogen-bond donors (Lipinski definition) is 0. The summed E-state index contributed by atoms with van der Waals surface area (Å²) >= 11 is -1.81. The maximum absolute atomic E-state index is 9.99. The zero-order valence-electron chi connectivity index (χ0n) is 5.22. The quantitative estimate of drug-likeness (QED) is 0.400. The van der Waals surface area contributed by atoms with Crippen LogP contribution >= 0.6 is 0 Å². The molecule has 0 saturated heterocycles. The molecule has 2 nitrogen and oxygen atoms in total. The Morgan fingerprint density at radius 1 is 1.88 bits per heavy atom. The third-order valence-corrected chi connectivity index (χ3v) is 3.78. The molecule has 0 amide bonds. The highest BCUT2D eigenvalue weighted by Gasteiger charge is 1.95. The fraction of sp³-hybridized carbons (Fsp3) is 1.00. The van der Waals surface area contributed by atoms with E-state index in [0.717, 1.165) is 16.7 Å². The van der Waals surface area contributed by atoms with Crippen LogP contribution in [0.1, 0.15) is 13.3 Å². The van der Waals surface area contributed by atoms with Crippen LogP contribution in [0.3, 0.4) is 0 Å². The second-order valence-electron chi connectivity index (χ2n) is 1.98. The molecule has 0 rings (SSSR count). The van der Waals surface area contributed by atoms with Gasteiger partial charge in [-0.25, -0.2) is 0 Å². The first-order chi connectivity index (χ1) is 3.66. The fourth-order valence-electron chi connectivity index (χ4n) is 0.350. The SMILES string of the molecule is CCC([SiH3])CS(=O)[O-]. The van der Waals surface area contributed by atoms with E-state index in [1.54, 1.807) is 0 Å². The van der Waals surface area contributed by atoms with Gasteiger partial charge in [-0.05, 0) is 5.54 Å². The molecule has 0 fully saturated rings. The molecule has 2 unspecified atom stereocenters. The van der Waals surface area contributed by atoms with Gasteiger partial charge in [0.15, 0.2) is 0 Å². The Morgan fingerprint density at radius 3 is 2.50 bits per heavy atom. The summed E-state index contributed by atoms with van der Waals surface area (Å²) < 4.78 is 20.0. The summed E-state index contributed by atoms with van der Waals surface area (Å²) in [6, 6.07) is 0. The van der Waals surface area contributed by atoms with Crippen LogP contribution in [0.2, 0.25) is 5.54 Å². The first kappa shape index (κ1) is 8.33. The van der Waals surface area contributed by atoms with E-state index in [0.29, 0.717) is 11.3 Å². The van der Waals surface area contributed by atoms with Crippen LogP contribution in [0.25, 0.3) is 0 Å². The fourth-order valence-corrected chi connectivity index (χ4v) is 1.87. The van der Waals surface area contributed by atoms with Gasteiger partial charge in [-0.2, -0.15) is 0 Å². The summed E-state index contributed by atoms with van der Waals surface area (Å²) in [5, 5.41) is 0. The topological polar surface area (TPSA) is 40.1 Å². The van der Waals surface area contributed by atoms with Crippen LogP contribution < -0.4 is 0 Å². The minimum atomic E-state index is -1.81. The lowest BCUT2D eigenvalue weighted by atomic mass is 10.4. The van der Waals surface area contributed by atoms with Gasteiger partial charge in [0, 0.05) is 16.0 Å². The molecule has 0 aliphatic heterocycles. The van der Waals surface area contributed by atoms with Gasteiger partial charge < -0.3 is 4.55 Å². The van der Waals surface area contributed by atoms with E-state index in [2.05, 4.69) is 0 Å². The Morgan fingerprint density at radius 2 is 2.38 bits per heavy atom. The molecule has 0 aliphatic carbocycles. The largest absolute Gasteiger partial charge is 0.772 e. The summed E-state index contributed by atoms with van der Waals surface area (Å²) in [5.74, 6) is 0.364. The molecule has 0 aromatic carbocycles. The highest BCUT2D eigenvalue weighted by Crippen LogP contribution is 2.03. The van der Waals surface area contributed by atoms with Crippen molar-refractivity contribution in [2.45, 2.75) is 18.9 Å². The van der Waals surface area contributed by atoms with Gasteiger partial charge >= 0.3 is 0 Å². The molecule has 0 heterocycles. The van der Waals surface area contributed by atoms with Crippen LogP contribution in [0.4, 0.5) is 0 Å². The van der Waals surface area contributed by atoms with E-state index in [-0.39, 0.29) is 0 Å². The van der Waals surface area contributed by atoms with E-state index in [1.165, 1.54) is 0 Å². The predicted octanol–water partition coefficient (Wildman–Crippen LogP) is -0.571. The van der Waals surface area contributed by atoms with Gasteiger partial charge in [0.2, 0.25) is 0 Å². The van der Waals surface area contributed by atoms with Crippen molar-refractivity contribution in [2.75, 3.05) is 5.75 Å². The van der Waals surface area contributed by atoms with Crippen molar-refractivity contribution in [1.82, 2.24) is 0 Å². The van der Waals surface area contributed by atoms with Crippen LogP contribution in [-0.4, -0.2) is 24.8 Å². The Hall–Kier alpha value is 0.327. The lowest BCUT2D eigenvalue weighted by molar-refractivity contribution is 0.534. The van der Waals surface area contributed by atoms with Gasteiger partial charge in [-0.15, -0.1) is 0 Å². The lowest BCUT2D eigenvalue weighted by Crippen LogP contribution is -2.03. The second kappa shape index (κ2) is 4.23. The van der Waals surface area contributed by atoms with Crippen LogP contribution in [0.5, 0.6) is 0 Å². The maximum atomic E-state index is 9.99. The van der Waals surface area contributed by atoms with Crippen LogP contribution in [0, 0.1) is 0 Å². The first-order valence-electron chi connectivity index (χ1n) is 2.72. The molecule has 0 aliphatic rings. The normalized spacial score (nSPS) is 18.2. The molecule has 0 bridgehead atoms. The lowest BCUT2D eigenvalue weighted by Gasteiger charge is -2.09. The predicted molar refractivity (Wildman–Crippen MR) is 37.8 cm³/mol. The van der Waals surface area contributed by atoms with Gasteiger partial charge in [0.1, 0.15) is 0 Å². The Kier molecular flexibility index (Phi) is 4.40. The van der Waals surface area contributed by atoms with Crippen molar-refractivity contribution in [2.24, 2.45) is 0 Å².